The molecule has 0 atom stereocenters. The summed E-state index contributed by atoms with van der Waals surface area (Å²) in [6.45, 7) is 0. The van der Waals surface area contributed by atoms with Crippen molar-refractivity contribution in [3.05, 3.63) is 59.7 Å². The number of halogens is 6. The molecule has 0 fully saturated rings. The molecule has 2 rings (SSSR count). The van der Waals surface area contributed by atoms with Gasteiger partial charge in [0.15, 0.2) is 0 Å². The van der Waals surface area contributed by atoms with Crippen LogP contribution in [0, 0.1) is 0 Å². The summed E-state index contributed by atoms with van der Waals surface area (Å²) in [7, 11) is 2.09. The quantitative estimate of drug-likeness (QED) is 0.507. The normalized spacial score (nSPS) is 13.6. The summed E-state index contributed by atoms with van der Waals surface area (Å²) >= 11 is 0. The van der Waals surface area contributed by atoms with E-state index in [1.807, 2.05) is 0 Å². The number of nitrogens with zero attached hydrogens (tertiary/aromatic N) is 2. The average molecular weight is 388 g/mol. The summed E-state index contributed by atoms with van der Waals surface area (Å²) in [4.78, 5) is 6.49. The predicted octanol–water partition coefficient (Wildman–Crippen LogP) is 5.44. The van der Waals surface area contributed by atoms with E-state index >= 15 is 0 Å². The maximum atomic E-state index is 12.8. The summed E-state index contributed by atoms with van der Waals surface area (Å²) in [6.07, 6.45) is -9.16. The third kappa shape index (κ3) is 5.08. The molecule has 0 bridgehead atoms. The number of benzene rings is 2. The lowest BCUT2D eigenvalue weighted by Gasteiger charge is -2.12. The predicted molar refractivity (Wildman–Crippen MR) is 90.0 cm³/mol. The molecule has 0 amide bonds. The van der Waals surface area contributed by atoms with Gasteiger partial charge in [0, 0.05) is 25.2 Å². The van der Waals surface area contributed by atoms with Crippen molar-refractivity contribution in [3.8, 4) is 11.5 Å². The minimum absolute atomic E-state index is 0.123. The Labute approximate surface area is 151 Å². The molecular formula is C18H14F6N2O. The van der Waals surface area contributed by atoms with Crippen LogP contribution >= 0.6 is 0 Å². The Morgan fingerprint density at radius 3 is 1.15 bits per heavy atom. The first-order chi connectivity index (χ1) is 12.6. The first kappa shape index (κ1) is 20.5. The van der Waals surface area contributed by atoms with Crippen molar-refractivity contribution in [1.29, 1.82) is 0 Å². The molecule has 3 nitrogen and oxygen atoms in total. The number of hydrogen-bond donors (Lipinski definition) is 0. The van der Waals surface area contributed by atoms with Crippen LogP contribution in [0.4, 0.5) is 26.3 Å². The summed E-state index contributed by atoms with van der Waals surface area (Å²) in [5, 5.41) is 0. The molecule has 0 aliphatic heterocycles. The van der Waals surface area contributed by atoms with Crippen LogP contribution in [0.25, 0.3) is 0 Å². The molecule has 0 saturated heterocycles. The Hall–Kier alpha value is -2.84. The summed E-state index contributed by atoms with van der Waals surface area (Å²) in [5.41, 5.74) is -2.28. The number of ether oxygens (including phenoxy) is 1. The molecule has 2 aromatic carbocycles. The van der Waals surface area contributed by atoms with E-state index in [2.05, 4.69) is 9.98 Å². The van der Waals surface area contributed by atoms with Crippen molar-refractivity contribution in [3.63, 3.8) is 0 Å². The highest BCUT2D eigenvalue weighted by molar-refractivity contribution is 6.05. The molecule has 0 spiro atoms. The third-order valence-electron chi connectivity index (χ3n) is 3.48. The highest BCUT2D eigenvalue weighted by Crippen LogP contribution is 2.28. The van der Waals surface area contributed by atoms with E-state index in [0.717, 1.165) is 14.1 Å². The zero-order valence-electron chi connectivity index (χ0n) is 14.2. The van der Waals surface area contributed by atoms with Gasteiger partial charge in [0.05, 0.1) is 0 Å². The van der Waals surface area contributed by atoms with Gasteiger partial charge in [-0.3, -0.25) is 9.98 Å². The SMILES string of the molecule is CN=C(c1ccc(Oc2ccc(C(=NC)C(F)(F)F)cc2)cc1)C(F)(F)F. The van der Waals surface area contributed by atoms with Crippen LogP contribution in [0.5, 0.6) is 11.5 Å². The monoisotopic (exact) mass is 388 g/mol. The molecule has 0 N–H and O–H groups in total. The Balaban J connectivity index is 2.17. The highest BCUT2D eigenvalue weighted by atomic mass is 19.4. The van der Waals surface area contributed by atoms with Crippen LogP contribution in [0.2, 0.25) is 0 Å². The Bertz CT molecular complexity index is 763. The minimum atomic E-state index is -4.58. The Kier molecular flexibility index (Phi) is 5.92. The Morgan fingerprint density at radius 1 is 0.630 bits per heavy atom. The van der Waals surface area contributed by atoms with Gasteiger partial charge in [-0.15, -0.1) is 0 Å². The lowest BCUT2D eigenvalue weighted by atomic mass is 10.1. The van der Waals surface area contributed by atoms with Gasteiger partial charge in [0.2, 0.25) is 0 Å². The first-order valence-electron chi connectivity index (χ1n) is 7.53. The summed E-state index contributed by atoms with van der Waals surface area (Å²) in [6, 6.07) is 10.1. The number of hydrogen-bond acceptors (Lipinski definition) is 3. The van der Waals surface area contributed by atoms with Gasteiger partial charge in [-0.1, -0.05) is 0 Å². The van der Waals surface area contributed by atoms with Crippen LogP contribution in [0.1, 0.15) is 11.1 Å². The molecule has 0 saturated carbocycles. The maximum Gasteiger partial charge on any atom is 0.433 e. The topological polar surface area (TPSA) is 34.0 Å². The second-order valence-corrected chi connectivity index (χ2v) is 5.29. The van der Waals surface area contributed by atoms with Gasteiger partial charge in [-0.05, 0) is 48.5 Å². The number of aliphatic imine (C=N–C) groups is 2. The van der Waals surface area contributed by atoms with Crippen LogP contribution in [0.15, 0.2) is 58.5 Å². The molecule has 9 heteroatoms. The fraction of sp³-hybridized carbons (Fsp3) is 0.222. The van der Waals surface area contributed by atoms with Gasteiger partial charge in [-0.2, -0.15) is 26.3 Å². The Morgan fingerprint density at radius 2 is 0.926 bits per heavy atom. The second-order valence-electron chi connectivity index (χ2n) is 5.29. The molecule has 0 aliphatic rings. The molecule has 144 valence electrons. The van der Waals surface area contributed by atoms with E-state index in [0.29, 0.717) is 0 Å². The highest BCUT2D eigenvalue weighted by Gasteiger charge is 2.36. The molecule has 0 aromatic heterocycles. The van der Waals surface area contributed by atoms with Crippen molar-refractivity contribution in [2.45, 2.75) is 12.4 Å². The summed E-state index contributed by atoms with van der Waals surface area (Å²) in [5.74, 6) is 0.452. The van der Waals surface area contributed by atoms with Gasteiger partial charge in [-0.25, -0.2) is 0 Å². The van der Waals surface area contributed by atoms with E-state index in [1.165, 1.54) is 48.5 Å². The lowest BCUT2D eigenvalue weighted by molar-refractivity contribution is -0.0589. The standard InChI is InChI=1S/C18H14F6N2O/c1-25-15(17(19,20)21)11-3-7-13(8-4-11)27-14-9-5-12(6-10-14)16(26-2)18(22,23)24/h3-10H,1-2H3. The molecular weight excluding hydrogens is 374 g/mol. The summed E-state index contributed by atoms with van der Waals surface area (Å²) < 4.78 is 82.4. The van der Waals surface area contributed by atoms with Gasteiger partial charge in [0.1, 0.15) is 22.9 Å². The molecule has 27 heavy (non-hydrogen) atoms. The van der Waals surface area contributed by atoms with Crippen molar-refractivity contribution in [2.75, 3.05) is 14.1 Å². The van der Waals surface area contributed by atoms with E-state index in [-0.39, 0.29) is 22.6 Å². The van der Waals surface area contributed by atoms with E-state index in [1.54, 1.807) is 0 Å². The molecule has 0 unspecified atom stereocenters. The smallest absolute Gasteiger partial charge is 0.433 e. The first-order valence-corrected chi connectivity index (χ1v) is 7.53. The van der Waals surface area contributed by atoms with E-state index in [4.69, 9.17) is 4.74 Å². The fourth-order valence-electron chi connectivity index (χ4n) is 2.34. The van der Waals surface area contributed by atoms with Crippen molar-refractivity contribution in [1.82, 2.24) is 0 Å². The minimum Gasteiger partial charge on any atom is -0.457 e. The van der Waals surface area contributed by atoms with Crippen molar-refractivity contribution in [2.24, 2.45) is 9.98 Å². The maximum absolute atomic E-state index is 12.8. The molecule has 0 radical (unpaired) electrons. The van der Waals surface area contributed by atoms with E-state index in [9.17, 15) is 26.3 Å². The van der Waals surface area contributed by atoms with Gasteiger partial charge >= 0.3 is 12.4 Å². The number of rotatable bonds is 4. The average Bonchev–Trinajstić information content (AvgIpc) is 2.57. The van der Waals surface area contributed by atoms with Crippen LogP contribution in [-0.4, -0.2) is 37.9 Å². The molecule has 2 aromatic rings. The zero-order chi connectivity index (χ0) is 20.2. The van der Waals surface area contributed by atoms with Crippen molar-refractivity contribution >= 4 is 11.4 Å². The third-order valence-corrected chi connectivity index (χ3v) is 3.48. The fourth-order valence-corrected chi connectivity index (χ4v) is 2.34. The van der Waals surface area contributed by atoms with Gasteiger partial charge < -0.3 is 4.74 Å². The lowest BCUT2D eigenvalue weighted by Crippen LogP contribution is -2.23. The largest absolute Gasteiger partial charge is 0.457 e. The van der Waals surface area contributed by atoms with E-state index < -0.39 is 23.8 Å². The molecule has 0 aliphatic carbocycles. The number of alkyl halides is 6. The van der Waals surface area contributed by atoms with Crippen LogP contribution in [-0.2, 0) is 0 Å². The van der Waals surface area contributed by atoms with Crippen LogP contribution < -0.4 is 4.74 Å². The van der Waals surface area contributed by atoms with Gasteiger partial charge in [0.25, 0.3) is 0 Å². The van der Waals surface area contributed by atoms with Crippen molar-refractivity contribution < 1.29 is 31.1 Å². The molecule has 0 heterocycles. The zero-order valence-corrected chi connectivity index (χ0v) is 14.2. The second kappa shape index (κ2) is 7.81. The van der Waals surface area contributed by atoms with Crippen LogP contribution in [0.3, 0.4) is 0 Å².